The molecule has 21 heavy (non-hydrogen) atoms. The Balaban J connectivity index is 2.06. The maximum Gasteiger partial charge on any atom is 0.246 e. The predicted octanol–water partition coefficient (Wildman–Crippen LogP) is 1.72. The lowest BCUT2D eigenvalue weighted by atomic mass is 10.2. The van der Waals surface area contributed by atoms with Crippen LogP contribution < -0.4 is 0 Å². The molecular formula is C16H19N3O2. The topological polar surface area (TPSA) is 58.4 Å². The molecule has 0 fully saturated rings. The van der Waals surface area contributed by atoms with E-state index in [-0.39, 0.29) is 18.6 Å². The van der Waals surface area contributed by atoms with E-state index >= 15 is 0 Å². The molecule has 0 aliphatic heterocycles. The molecular weight excluding hydrogens is 266 g/mol. The smallest absolute Gasteiger partial charge is 0.246 e. The van der Waals surface area contributed by atoms with Crippen LogP contribution in [0.4, 0.5) is 0 Å². The summed E-state index contributed by atoms with van der Waals surface area (Å²) in [6.07, 6.45) is 6.76. The molecule has 0 aliphatic rings. The number of carbonyl (C=O) groups excluding carboxylic acids is 1. The normalized spacial score (nSPS) is 12.5. The van der Waals surface area contributed by atoms with Crippen LogP contribution in [0.15, 0.2) is 48.8 Å². The first kappa shape index (κ1) is 15.0. The highest BCUT2D eigenvalue weighted by atomic mass is 16.3. The summed E-state index contributed by atoms with van der Waals surface area (Å²) in [6, 6.07) is 9.56. The Hall–Kier alpha value is -2.40. The van der Waals surface area contributed by atoms with Gasteiger partial charge in [-0.05, 0) is 25.1 Å². The number of aliphatic hydroxyl groups excluding tert-OH is 1. The van der Waals surface area contributed by atoms with Gasteiger partial charge < -0.3 is 10.0 Å². The van der Waals surface area contributed by atoms with Gasteiger partial charge in [0.05, 0.1) is 24.5 Å². The fourth-order valence-corrected chi connectivity index (χ4v) is 1.77. The van der Waals surface area contributed by atoms with Gasteiger partial charge in [-0.2, -0.15) is 5.10 Å². The minimum Gasteiger partial charge on any atom is -0.394 e. The Morgan fingerprint density at radius 2 is 2.14 bits per heavy atom. The first-order chi connectivity index (χ1) is 10.1. The van der Waals surface area contributed by atoms with Crippen LogP contribution in [0, 0.1) is 0 Å². The average Bonchev–Trinajstić information content (AvgIpc) is 3.01. The molecule has 1 unspecified atom stereocenters. The van der Waals surface area contributed by atoms with Crippen LogP contribution in [0.3, 0.4) is 0 Å². The number of hydrogen-bond donors (Lipinski definition) is 1. The first-order valence-corrected chi connectivity index (χ1v) is 6.77. The lowest BCUT2D eigenvalue weighted by Crippen LogP contribution is -2.36. The fourth-order valence-electron chi connectivity index (χ4n) is 1.77. The Labute approximate surface area is 124 Å². The lowest BCUT2D eigenvalue weighted by molar-refractivity contribution is -0.127. The van der Waals surface area contributed by atoms with Crippen molar-refractivity contribution in [2.24, 2.45) is 0 Å². The fraction of sp³-hybridized carbons (Fsp3) is 0.250. The van der Waals surface area contributed by atoms with Crippen molar-refractivity contribution in [2.45, 2.75) is 13.0 Å². The van der Waals surface area contributed by atoms with E-state index in [1.165, 1.54) is 11.0 Å². The van der Waals surface area contributed by atoms with Crippen LogP contribution in [0.5, 0.6) is 0 Å². The highest BCUT2D eigenvalue weighted by molar-refractivity contribution is 5.91. The minimum atomic E-state index is -0.200. The summed E-state index contributed by atoms with van der Waals surface area (Å²) in [5, 5.41) is 13.3. The molecule has 0 saturated heterocycles. The standard InChI is InChI=1S/C16H19N3O2/c1-13(12-20)18(2)16(21)9-8-14-10-17-19(11-14)15-6-4-3-5-7-15/h3-11,13,20H,12H2,1-2H3/b9-8+. The number of likely N-dealkylation sites (N-methyl/N-ethyl adjacent to an activating group) is 1. The zero-order chi connectivity index (χ0) is 15.2. The average molecular weight is 285 g/mol. The van der Waals surface area contributed by atoms with Gasteiger partial charge in [-0.25, -0.2) is 4.68 Å². The largest absolute Gasteiger partial charge is 0.394 e. The first-order valence-electron chi connectivity index (χ1n) is 6.77. The van der Waals surface area contributed by atoms with Crippen molar-refractivity contribution in [1.29, 1.82) is 0 Å². The van der Waals surface area contributed by atoms with Crippen molar-refractivity contribution in [3.63, 3.8) is 0 Å². The summed E-state index contributed by atoms with van der Waals surface area (Å²) < 4.78 is 1.75. The van der Waals surface area contributed by atoms with Crippen molar-refractivity contribution < 1.29 is 9.90 Å². The highest BCUT2D eigenvalue weighted by Gasteiger charge is 2.11. The van der Waals surface area contributed by atoms with Crippen molar-refractivity contribution in [2.75, 3.05) is 13.7 Å². The zero-order valence-corrected chi connectivity index (χ0v) is 12.2. The molecule has 1 atom stereocenters. The number of carbonyl (C=O) groups is 1. The molecule has 0 radical (unpaired) electrons. The molecule has 2 aromatic rings. The van der Waals surface area contributed by atoms with E-state index in [0.717, 1.165) is 11.3 Å². The second kappa shape index (κ2) is 6.85. The second-order valence-electron chi connectivity index (χ2n) is 4.87. The monoisotopic (exact) mass is 285 g/mol. The van der Waals surface area contributed by atoms with Gasteiger partial charge in [-0.15, -0.1) is 0 Å². The van der Waals surface area contributed by atoms with Crippen LogP contribution in [0.25, 0.3) is 11.8 Å². The molecule has 5 heteroatoms. The molecule has 0 spiro atoms. The number of aliphatic hydroxyl groups is 1. The molecule has 110 valence electrons. The van der Waals surface area contributed by atoms with Crippen molar-refractivity contribution in [3.8, 4) is 5.69 Å². The van der Waals surface area contributed by atoms with Gasteiger partial charge >= 0.3 is 0 Å². The summed E-state index contributed by atoms with van der Waals surface area (Å²) in [4.78, 5) is 13.4. The van der Waals surface area contributed by atoms with E-state index < -0.39 is 0 Å². The van der Waals surface area contributed by atoms with E-state index in [4.69, 9.17) is 5.11 Å². The van der Waals surface area contributed by atoms with Crippen molar-refractivity contribution in [1.82, 2.24) is 14.7 Å². The van der Waals surface area contributed by atoms with Gasteiger partial charge in [0.15, 0.2) is 0 Å². The third kappa shape index (κ3) is 3.79. The van der Waals surface area contributed by atoms with E-state index in [9.17, 15) is 4.79 Å². The van der Waals surface area contributed by atoms with E-state index in [0.29, 0.717) is 0 Å². The zero-order valence-electron chi connectivity index (χ0n) is 12.2. The second-order valence-corrected chi connectivity index (χ2v) is 4.87. The Bertz CT molecular complexity index is 619. The SMILES string of the molecule is CC(CO)N(C)C(=O)/C=C/c1cnn(-c2ccccc2)c1. The molecule has 0 saturated carbocycles. The van der Waals surface area contributed by atoms with Crippen molar-refractivity contribution >= 4 is 12.0 Å². The number of para-hydroxylation sites is 1. The molecule has 1 heterocycles. The Kier molecular flexibility index (Phi) is 4.90. The Morgan fingerprint density at radius 1 is 1.43 bits per heavy atom. The summed E-state index contributed by atoms with van der Waals surface area (Å²) in [7, 11) is 1.67. The van der Waals surface area contributed by atoms with Gasteiger partial charge in [0.25, 0.3) is 0 Å². The maximum atomic E-state index is 11.9. The van der Waals surface area contributed by atoms with Crippen LogP contribution in [-0.4, -0.2) is 45.4 Å². The molecule has 1 N–H and O–H groups in total. The van der Waals surface area contributed by atoms with Gasteiger partial charge in [0.1, 0.15) is 0 Å². The van der Waals surface area contributed by atoms with Crippen molar-refractivity contribution in [3.05, 3.63) is 54.4 Å². The quantitative estimate of drug-likeness (QED) is 0.851. The lowest BCUT2D eigenvalue weighted by Gasteiger charge is -2.21. The van der Waals surface area contributed by atoms with E-state index in [2.05, 4.69) is 5.10 Å². The van der Waals surface area contributed by atoms with Gasteiger partial charge in [-0.1, -0.05) is 18.2 Å². The summed E-state index contributed by atoms with van der Waals surface area (Å²) in [5.74, 6) is -0.149. The molecule has 1 amide bonds. The third-order valence-corrected chi connectivity index (χ3v) is 3.31. The molecule has 0 bridgehead atoms. The van der Waals surface area contributed by atoms with Gasteiger partial charge in [-0.3, -0.25) is 4.79 Å². The van der Waals surface area contributed by atoms with Crippen LogP contribution in [0.2, 0.25) is 0 Å². The molecule has 5 nitrogen and oxygen atoms in total. The highest BCUT2D eigenvalue weighted by Crippen LogP contribution is 2.09. The Morgan fingerprint density at radius 3 is 2.81 bits per heavy atom. The van der Waals surface area contributed by atoms with Crippen LogP contribution >= 0.6 is 0 Å². The molecule has 1 aromatic carbocycles. The van der Waals surface area contributed by atoms with E-state index in [1.807, 2.05) is 36.5 Å². The maximum absolute atomic E-state index is 11.9. The van der Waals surface area contributed by atoms with E-state index in [1.54, 1.807) is 30.9 Å². The predicted molar refractivity (Wildman–Crippen MR) is 81.9 cm³/mol. The number of amides is 1. The summed E-state index contributed by atoms with van der Waals surface area (Å²) in [5.41, 5.74) is 1.81. The number of nitrogens with zero attached hydrogens (tertiary/aromatic N) is 3. The molecule has 2 rings (SSSR count). The number of benzene rings is 1. The van der Waals surface area contributed by atoms with Gasteiger partial charge in [0, 0.05) is 24.9 Å². The minimum absolute atomic E-state index is 0.0536. The van der Waals surface area contributed by atoms with Crippen LogP contribution in [-0.2, 0) is 4.79 Å². The molecule has 1 aromatic heterocycles. The molecule has 0 aliphatic carbocycles. The summed E-state index contributed by atoms with van der Waals surface area (Å²) in [6.45, 7) is 1.74. The number of hydrogen-bond acceptors (Lipinski definition) is 3. The third-order valence-electron chi connectivity index (χ3n) is 3.31. The van der Waals surface area contributed by atoms with Crippen LogP contribution in [0.1, 0.15) is 12.5 Å². The summed E-state index contributed by atoms with van der Waals surface area (Å²) >= 11 is 0. The number of rotatable bonds is 5. The van der Waals surface area contributed by atoms with Gasteiger partial charge in [0.2, 0.25) is 5.91 Å². The number of aromatic nitrogens is 2.